The van der Waals surface area contributed by atoms with Crippen LogP contribution in [0.2, 0.25) is 10.0 Å². The number of carbonyl (C=O) groups is 1. The lowest BCUT2D eigenvalue weighted by molar-refractivity contribution is -0.146. The quantitative estimate of drug-likeness (QED) is 0.893. The van der Waals surface area contributed by atoms with Crippen LogP contribution < -0.4 is 4.74 Å². The molecule has 0 aliphatic rings. The van der Waals surface area contributed by atoms with Crippen molar-refractivity contribution in [3.8, 4) is 5.75 Å². The average Bonchev–Trinajstić information content (AvgIpc) is 2.22. The smallest absolute Gasteiger partial charge is 0.387 e. The van der Waals surface area contributed by atoms with Crippen molar-refractivity contribution in [1.29, 1.82) is 0 Å². The fourth-order valence-corrected chi connectivity index (χ4v) is 1.44. The second-order valence-electron chi connectivity index (χ2n) is 2.93. The zero-order valence-electron chi connectivity index (χ0n) is 8.03. The number of halogens is 4. The lowest BCUT2D eigenvalue weighted by Crippen LogP contribution is -2.11. The molecule has 17 heavy (non-hydrogen) atoms. The molecule has 1 rings (SSSR count). The van der Waals surface area contributed by atoms with Crippen LogP contribution in [0.1, 0.15) is 11.7 Å². The summed E-state index contributed by atoms with van der Waals surface area (Å²) in [6.45, 7) is -3.14. The van der Waals surface area contributed by atoms with Crippen LogP contribution in [-0.2, 0) is 4.79 Å². The van der Waals surface area contributed by atoms with E-state index in [9.17, 15) is 18.7 Å². The number of aliphatic hydroxyl groups excluding tert-OH is 1. The fourth-order valence-electron chi connectivity index (χ4n) is 1.07. The van der Waals surface area contributed by atoms with Crippen LogP contribution in [0, 0.1) is 0 Å². The lowest BCUT2D eigenvalue weighted by Gasteiger charge is -2.12. The molecular formula is C9H6Cl2F2O4. The van der Waals surface area contributed by atoms with Crippen LogP contribution in [0.3, 0.4) is 0 Å². The third-order valence-electron chi connectivity index (χ3n) is 1.78. The van der Waals surface area contributed by atoms with Gasteiger partial charge in [0.25, 0.3) is 0 Å². The first-order chi connectivity index (χ1) is 7.82. The number of hydrogen-bond acceptors (Lipinski definition) is 3. The van der Waals surface area contributed by atoms with Gasteiger partial charge in [-0.1, -0.05) is 23.2 Å². The molecule has 1 atom stereocenters. The Morgan fingerprint density at radius 2 is 1.94 bits per heavy atom. The van der Waals surface area contributed by atoms with Crippen molar-refractivity contribution in [1.82, 2.24) is 0 Å². The van der Waals surface area contributed by atoms with Crippen molar-refractivity contribution in [2.24, 2.45) is 0 Å². The Kier molecular flexibility index (Phi) is 4.50. The zero-order chi connectivity index (χ0) is 13.2. The molecule has 0 heterocycles. The SMILES string of the molecule is O=C(O)[C@H](O)c1cc(Cl)c(Cl)c(OC(F)F)c1. The van der Waals surface area contributed by atoms with E-state index in [-0.39, 0.29) is 15.6 Å². The van der Waals surface area contributed by atoms with Crippen molar-refractivity contribution in [3.63, 3.8) is 0 Å². The molecule has 94 valence electrons. The Balaban J connectivity index is 3.18. The van der Waals surface area contributed by atoms with E-state index in [0.29, 0.717) is 0 Å². The highest BCUT2D eigenvalue weighted by atomic mass is 35.5. The standard InChI is InChI=1S/C9H6Cl2F2O4/c10-4-1-3(7(14)8(15)16)2-5(6(4)11)17-9(12)13/h1-2,7,9,14H,(H,15,16)/t7-/m1/s1. The van der Waals surface area contributed by atoms with Crippen LogP contribution in [0.4, 0.5) is 8.78 Å². The summed E-state index contributed by atoms with van der Waals surface area (Å²) in [4.78, 5) is 10.5. The van der Waals surface area contributed by atoms with Crippen molar-refractivity contribution in [2.45, 2.75) is 12.7 Å². The second kappa shape index (κ2) is 5.48. The Labute approximate surface area is 104 Å². The molecule has 0 spiro atoms. The van der Waals surface area contributed by atoms with Crippen molar-refractivity contribution >= 4 is 29.2 Å². The first-order valence-corrected chi connectivity index (χ1v) is 4.93. The molecule has 0 unspecified atom stereocenters. The van der Waals surface area contributed by atoms with E-state index in [2.05, 4.69) is 4.74 Å². The van der Waals surface area contributed by atoms with Gasteiger partial charge < -0.3 is 14.9 Å². The van der Waals surface area contributed by atoms with Gasteiger partial charge in [0.1, 0.15) is 10.8 Å². The number of ether oxygens (including phenoxy) is 1. The van der Waals surface area contributed by atoms with Crippen LogP contribution in [0.15, 0.2) is 12.1 Å². The normalized spacial score (nSPS) is 12.6. The summed E-state index contributed by atoms with van der Waals surface area (Å²) in [7, 11) is 0. The fraction of sp³-hybridized carbons (Fsp3) is 0.222. The average molecular weight is 287 g/mol. The van der Waals surface area contributed by atoms with Gasteiger partial charge >= 0.3 is 12.6 Å². The van der Waals surface area contributed by atoms with Gasteiger partial charge in [0.05, 0.1) is 5.02 Å². The van der Waals surface area contributed by atoms with Gasteiger partial charge in [-0.2, -0.15) is 8.78 Å². The van der Waals surface area contributed by atoms with E-state index in [1.165, 1.54) is 0 Å². The van der Waals surface area contributed by atoms with Crippen LogP contribution >= 0.6 is 23.2 Å². The Bertz CT molecular complexity index is 439. The molecule has 1 aromatic carbocycles. The van der Waals surface area contributed by atoms with Crippen LogP contribution in [0.25, 0.3) is 0 Å². The van der Waals surface area contributed by atoms with Gasteiger partial charge in [-0.3, -0.25) is 0 Å². The summed E-state index contributed by atoms with van der Waals surface area (Å²) in [5, 5.41) is 17.3. The van der Waals surface area contributed by atoms with Gasteiger partial charge in [0, 0.05) is 0 Å². The molecule has 0 radical (unpaired) electrons. The third kappa shape index (κ3) is 3.42. The minimum absolute atomic E-state index is 0.194. The van der Waals surface area contributed by atoms with Crippen molar-refractivity contribution < 1.29 is 28.5 Å². The topological polar surface area (TPSA) is 66.8 Å². The number of aliphatic hydroxyl groups is 1. The molecule has 8 heteroatoms. The number of carboxylic acid groups (broad SMARTS) is 1. The molecule has 0 amide bonds. The predicted octanol–water partition coefficient (Wildman–Crippen LogP) is 2.71. The van der Waals surface area contributed by atoms with E-state index >= 15 is 0 Å². The molecule has 0 saturated heterocycles. The number of aliphatic carboxylic acids is 1. The molecule has 0 aliphatic carbocycles. The molecule has 2 N–H and O–H groups in total. The number of rotatable bonds is 4. The highest BCUT2D eigenvalue weighted by molar-refractivity contribution is 6.43. The molecule has 0 fully saturated rings. The minimum atomic E-state index is -3.14. The summed E-state index contributed by atoms with van der Waals surface area (Å²) in [5.41, 5.74) is -0.206. The summed E-state index contributed by atoms with van der Waals surface area (Å²) >= 11 is 11.2. The first-order valence-electron chi connectivity index (χ1n) is 4.17. The monoisotopic (exact) mass is 286 g/mol. The van der Waals surface area contributed by atoms with Gasteiger partial charge in [0.15, 0.2) is 6.10 Å². The van der Waals surface area contributed by atoms with E-state index in [1.807, 2.05) is 0 Å². The van der Waals surface area contributed by atoms with E-state index in [1.54, 1.807) is 0 Å². The number of carboxylic acids is 1. The summed E-state index contributed by atoms with van der Waals surface area (Å²) in [6, 6.07) is 1.94. The lowest BCUT2D eigenvalue weighted by atomic mass is 10.1. The van der Waals surface area contributed by atoms with E-state index < -0.39 is 24.4 Å². The molecular weight excluding hydrogens is 281 g/mol. The van der Waals surface area contributed by atoms with E-state index in [0.717, 1.165) is 12.1 Å². The van der Waals surface area contributed by atoms with Gasteiger partial charge in [-0.05, 0) is 17.7 Å². The summed E-state index contributed by atoms with van der Waals surface area (Å²) in [5.74, 6) is -2.05. The second-order valence-corrected chi connectivity index (χ2v) is 3.72. The van der Waals surface area contributed by atoms with Crippen molar-refractivity contribution in [3.05, 3.63) is 27.7 Å². The number of hydrogen-bond donors (Lipinski definition) is 2. The molecule has 4 nitrogen and oxygen atoms in total. The Morgan fingerprint density at radius 1 is 1.35 bits per heavy atom. The first kappa shape index (κ1) is 14.0. The maximum absolute atomic E-state index is 12.0. The Morgan fingerprint density at radius 3 is 2.41 bits per heavy atom. The van der Waals surface area contributed by atoms with Gasteiger partial charge in [0.2, 0.25) is 0 Å². The molecule has 0 bridgehead atoms. The Hall–Kier alpha value is -1.11. The zero-order valence-corrected chi connectivity index (χ0v) is 9.54. The summed E-state index contributed by atoms with van der Waals surface area (Å²) in [6.07, 6.45) is -1.90. The molecule has 0 aliphatic heterocycles. The van der Waals surface area contributed by atoms with Crippen molar-refractivity contribution in [2.75, 3.05) is 0 Å². The number of alkyl halides is 2. The number of benzene rings is 1. The molecule has 1 aromatic rings. The van der Waals surface area contributed by atoms with Gasteiger partial charge in [-0.25, -0.2) is 4.79 Å². The van der Waals surface area contributed by atoms with Crippen LogP contribution in [-0.4, -0.2) is 22.8 Å². The third-order valence-corrected chi connectivity index (χ3v) is 2.57. The minimum Gasteiger partial charge on any atom is -0.479 e. The maximum atomic E-state index is 12.0. The largest absolute Gasteiger partial charge is 0.479 e. The highest BCUT2D eigenvalue weighted by Gasteiger charge is 2.21. The maximum Gasteiger partial charge on any atom is 0.387 e. The molecule has 0 aromatic heterocycles. The van der Waals surface area contributed by atoms with Crippen LogP contribution in [0.5, 0.6) is 5.75 Å². The van der Waals surface area contributed by atoms with Gasteiger partial charge in [-0.15, -0.1) is 0 Å². The predicted molar refractivity (Wildman–Crippen MR) is 55.7 cm³/mol. The molecule has 0 saturated carbocycles. The van der Waals surface area contributed by atoms with E-state index in [4.69, 9.17) is 28.3 Å². The highest BCUT2D eigenvalue weighted by Crippen LogP contribution is 2.36. The summed E-state index contributed by atoms with van der Waals surface area (Å²) < 4.78 is 28.1.